The molecule has 0 aliphatic carbocycles. The molecular weight excluding hydrogens is 787 g/mol. The molecule has 2 aromatic rings. The molecular formula is C44H56Cl2N2O10. The number of carbonyl (C=O) groups excluding carboxylic acids is 4. The van der Waals surface area contributed by atoms with Crippen LogP contribution >= 0.6 is 23.2 Å². The number of Topliss-reactive ketones (excluding diaryl/α,β-unsaturated/α-hetero) is 1. The van der Waals surface area contributed by atoms with E-state index in [2.05, 4.69) is 16.6 Å². The maximum absolute atomic E-state index is 12.9. The number of dihydropyridines is 2. The molecule has 2 heterocycles. The lowest BCUT2D eigenvalue weighted by molar-refractivity contribution is -0.139. The Morgan fingerprint density at radius 3 is 1.47 bits per heavy atom. The molecule has 3 N–H and O–H groups in total. The first-order chi connectivity index (χ1) is 26.9. The third-order valence-corrected chi connectivity index (χ3v) is 9.32. The normalized spacial score (nSPS) is 15.9. The van der Waals surface area contributed by atoms with E-state index in [1.807, 2.05) is 19.9 Å². The highest BCUT2D eigenvalue weighted by Gasteiger charge is 2.40. The SMILES string of the molecule is C.C.CCCOCC1=C(C(=O)C#CO)C(c2ccccc2Cl)C(C(=O)OC)=C(C)N1.CCCOCC1=C(C(=O)OCC)C(c2ccccc2Cl)C(C(=O)OC)=C(C)N1. The van der Waals surface area contributed by atoms with Gasteiger partial charge in [-0.15, -0.1) is 0 Å². The second kappa shape index (κ2) is 25.3. The van der Waals surface area contributed by atoms with E-state index in [1.54, 1.807) is 69.3 Å². The van der Waals surface area contributed by atoms with E-state index in [4.69, 9.17) is 52.0 Å². The van der Waals surface area contributed by atoms with E-state index in [9.17, 15) is 19.2 Å². The van der Waals surface area contributed by atoms with Gasteiger partial charge in [-0.25, -0.2) is 14.4 Å². The highest BCUT2D eigenvalue weighted by molar-refractivity contribution is 6.32. The summed E-state index contributed by atoms with van der Waals surface area (Å²) >= 11 is 12.8. The van der Waals surface area contributed by atoms with Gasteiger partial charge in [0.25, 0.3) is 0 Å². The predicted molar refractivity (Wildman–Crippen MR) is 225 cm³/mol. The summed E-state index contributed by atoms with van der Waals surface area (Å²) in [6.45, 7) is 10.7. The lowest BCUT2D eigenvalue weighted by atomic mass is 9.78. The Labute approximate surface area is 352 Å². The zero-order valence-electron chi connectivity index (χ0n) is 32.6. The number of nitrogens with one attached hydrogen (secondary N) is 2. The largest absolute Gasteiger partial charge is 0.466 e. The molecule has 0 aromatic heterocycles. The molecule has 0 amide bonds. The Hall–Kier alpha value is -5.06. The highest BCUT2D eigenvalue weighted by Crippen LogP contribution is 2.43. The van der Waals surface area contributed by atoms with Gasteiger partial charge in [0, 0.05) is 51.8 Å². The second-order valence-electron chi connectivity index (χ2n) is 12.4. The van der Waals surface area contributed by atoms with Gasteiger partial charge in [-0.05, 0) is 56.9 Å². The summed E-state index contributed by atoms with van der Waals surface area (Å²) in [5, 5.41) is 16.0. The average Bonchev–Trinajstić information content (AvgIpc) is 3.18. The Morgan fingerprint density at radius 1 is 0.672 bits per heavy atom. The number of rotatable bonds is 15. The molecule has 2 atom stereocenters. The van der Waals surface area contributed by atoms with Crippen molar-refractivity contribution in [3.05, 3.63) is 115 Å². The number of ketones is 1. The van der Waals surface area contributed by atoms with Gasteiger partial charge in [0.1, 0.15) is 6.11 Å². The fourth-order valence-corrected chi connectivity index (χ4v) is 6.79. The number of benzene rings is 2. The van der Waals surface area contributed by atoms with Crippen molar-refractivity contribution >= 4 is 46.9 Å². The maximum atomic E-state index is 12.9. The van der Waals surface area contributed by atoms with Crippen molar-refractivity contribution < 1.29 is 48.0 Å². The van der Waals surface area contributed by atoms with Crippen LogP contribution in [0.25, 0.3) is 0 Å². The van der Waals surface area contributed by atoms with Crippen LogP contribution in [0.5, 0.6) is 0 Å². The van der Waals surface area contributed by atoms with Crippen molar-refractivity contribution in [1.29, 1.82) is 0 Å². The van der Waals surface area contributed by atoms with Crippen LogP contribution in [0.3, 0.4) is 0 Å². The van der Waals surface area contributed by atoms with Crippen molar-refractivity contribution in [3.63, 3.8) is 0 Å². The van der Waals surface area contributed by atoms with E-state index in [0.717, 1.165) is 12.8 Å². The van der Waals surface area contributed by atoms with Gasteiger partial charge in [0.05, 0.1) is 68.3 Å². The van der Waals surface area contributed by atoms with Crippen molar-refractivity contribution in [3.8, 4) is 12.0 Å². The van der Waals surface area contributed by atoms with E-state index < -0.39 is 35.5 Å². The first-order valence-corrected chi connectivity index (χ1v) is 18.8. The average molecular weight is 844 g/mol. The number of ether oxygens (including phenoxy) is 5. The fourth-order valence-electron chi connectivity index (χ4n) is 6.30. The van der Waals surface area contributed by atoms with E-state index in [1.165, 1.54) is 14.2 Å². The molecule has 58 heavy (non-hydrogen) atoms. The molecule has 0 radical (unpaired) electrons. The monoisotopic (exact) mass is 842 g/mol. The number of halogens is 2. The molecule has 2 aromatic carbocycles. The summed E-state index contributed by atoms with van der Waals surface area (Å²) in [5.74, 6) is -1.68. The first-order valence-electron chi connectivity index (χ1n) is 18.0. The van der Waals surface area contributed by atoms with Gasteiger partial charge >= 0.3 is 17.9 Å². The summed E-state index contributed by atoms with van der Waals surface area (Å²) in [7, 11) is 2.57. The van der Waals surface area contributed by atoms with Gasteiger partial charge in [0.2, 0.25) is 5.78 Å². The molecule has 0 saturated carbocycles. The lowest BCUT2D eigenvalue weighted by Gasteiger charge is -2.31. The van der Waals surface area contributed by atoms with Crippen molar-refractivity contribution in [2.45, 2.75) is 74.1 Å². The minimum atomic E-state index is -0.809. The van der Waals surface area contributed by atoms with Crippen molar-refractivity contribution in [2.24, 2.45) is 0 Å². The van der Waals surface area contributed by atoms with E-state index in [-0.39, 0.29) is 45.8 Å². The van der Waals surface area contributed by atoms with Crippen LogP contribution in [-0.2, 0) is 42.9 Å². The number of carbonyl (C=O) groups is 4. The number of aliphatic hydroxyl groups is 1. The van der Waals surface area contributed by atoms with Crippen LogP contribution in [0, 0.1) is 12.0 Å². The molecule has 2 unspecified atom stereocenters. The number of hydrogen-bond donors (Lipinski definition) is 3. The molecule has 4 rings (SSSR count). The molecule has 316 valence electrons. The number of allylic oxidation sites excluding steroid dienone is 3. The summed E-state index contributed by atoms with van der Waals surface area (Å²) in [6.07, 6.45) is 3.30. The van der Waals surface area contributed by atoms with E-state index >= 15 is 0 Å². The highest BCUT2D eigenvalue weighted by atomic mass is 35.5. The second-order valence-corrected chi connectivity index (χ2v) is 13.2. The van der Waals surface area contributed by atoms with Gasteiger partial charge in [0.15, 0.2) is 0 Å². The predicted octanol–water partition coefficient (Wildman–Crippen LogP) is 8.05. The van der Waals surface area contributed by atoms with Gasteiger partial charge in [-0.3, -0.25) is 4.79 Å². The summed E-state index contributed by atoms with van der Waals surface area (Å²) in [5.41, 5.74) is 4.38. The number of hydrogen-bond acceptors (Lipinski definition) is 12. The standard InChI is InChI=1S/C21H26ClNO5.C21H22ClNO5.2CH4/c1-5-11-27-12-16-19(21(25)28-6-2)18(14-9-7-8-10-15(14)22)17(13(3)23-16)20(24)26-4;1-4-11-28-12-16-20(17(25)9-10-24)19(14-7-5-6-8-15(14)22)18(13(2)23-16)21(26)27-3;;/h7-10,18,23H,5-6,11-12H2,1-4H3;5-8,19,23-24H,4,11-12H2,1-3H3;2*1H4. The molecule has 0 bridgehead atoms. The minimum absolute atomic E-state index is 0. The molecule has 0 saturated heterocycles. The van der Waals surface area contributed by atoms with Crippen LogP contribution in [-0.4, -0.2) is 76.1 Å². The van der Waals surface area contributed by atoms with Gasteiger partial charge < -0.3 is 39.4 Å². The van der Waals surface area contributed by atoms with Crippen LogP contribution in [0.4, 0.5) is 0 Å². The summed E-state index contributed by atoms with van der Waals surface area (Å²) < 4.78 is 26.5. The third-order valence-electron chi connectivity index (χ3n) is 8.63. The molecule has 14 heteroatoms. The molecule has 12 nitrogen and oxygen atoms in total. The van der Waals surface area contributed by atoms with Crippen LogP contribution in [0.15, 0.2) is 93.6 Å². The topological polar surface area (TPSA) is 159 Å². The van der Waals surface area contributed by atoms with Gasteiger partial charge in [-0.2, -0.15) is 0 Å². The molecule has 2 aliphatic heterocycles. The smallest absolute Gasteiger partial charge is 0.336 e. The first kappa shape index (κ1) is 51.0. The molecule has 2 aliphatic rings. The number of esters is 3. The number of aliphatic hydroxyl groups excluding tert-OH is 1. The number of methoxy groups -OCH3 is 2. The minimum Gasteiger partial charge on any atom is -0.466 e. The van der Waals surface area contributed by atoms with Crippen LogP contribution in [0.1, 0.15) is 85.3 Å². The Balaban J connectivity index is 0.000000561. The lowest BCUT2D eigenvalue weighted by Crippen LogP contribution is -2.34. The molecule has 0 spiro atoms. The zero-order chi connectivity index (χ0) is 41.4. The summed E-state index contributed by atoms with van der Waals surface area (Å²) in [6, 6.07) is 14.0. The summed E-state index contributed by atoms with van der Waals surface area (Å²) in [4.78, 5) is 50.8. The quantitative estimate of drug-likeness (QED) is 0.0687. The van der Waals surface area contributed by atoms with Crippen LogP contribution in [0.2, 0.25) is 10.0 Å². The van der Waals surface area contributed by atoms with Crippen LogP contribution < -0.4 is 10.6 Å². The maximum Gasteiger partial charge on any atom is 0.336 e. The Bertz CT molecular complexity index is 1970. The fraction of sp³-hybridized carbons (Fsp3) is 0.409. The zero-order valence-corrected chi connectivity index (χ0v) is 34.1. The van der Waals surface area contributed by atoms with E-state index in [0.29, 0.717) is 68.3 Å². The Kier molecular flexibility index (Phi) is 22.3. The molecule has 0 fully saturated rings. The van der Waals surface area contributed by atoms with Gasteiger partial charge in [-0.1, -0.05) is 88.3 Å². The third kappa shape index (κ3) is 12.5. The Morgan fingerprint density at radius 2 is 1.09 bits per heavy atom. The van der Waals surface area contributed by atoms with Crippen molar-refractivity contribution in [1.82, 2.24) is 10.6 Å². The van der Waals surface area contributed by atoms with Crippen molar-refractivity contribution in [2.75, 3.05) is 47.3 Å².